The Hall–Kier alpha value is -3.24. The maximum absolute atomic E-state index is 12.6. The summed E-state index contributed by atoms with van der Waals surface area (Å²) in [6, 6.07) is 12.4. The van der Waals surface area contributed by atoms with Crippen molar-refractivity contribution in [3.8, 4) is 0 Å². The predicted molar refractivity (Wildman–Crippen MR) is 122 cm³/mol. The van der Waals surface area contributed by atoms with Crippen LogP contribution in [0.25, 0.3) is 0 Å². The van der Waals surface area contributed by atoms with E-state index in [0.29, 0.717) is 37.3 Å². The zero-order valence-electron chi connectivity index (χ0n) is 18.0. The van der Waals surface area contributed by atoms with Gasteiger partial charge in [0.15, 0.2) is 0 Å². The molecule has 3 amide bonds. The predicted octanol–water partition coefficient (Wildman–Crippen LogP) is 1.27. The molecule has 0 radical (unpaired) electrons. The van der Waals surface area contributed by atoms with Crippen LogP contribution >= 0.6 is 0 Å². The van der Waals surface area contributed by atoms with Gasteiger partial charge in [-0.05, 0) is 49.1 Å². The molecule has 2 aliphatic rings. The number of nitrogens with zero attached hydrogens (tertiary/aromatic N) is 1. The molecular formula is C23H26N4O5S. The van der Waals surface area contributed by atoms with Crippen LogP contribution in [0.4, 0.5) is 5.69 Å². The molecular weight excluding hydrogens is 444 g/mol. The fourth-order valence-corrected chi connectivity index (χ4v) is 5.48. The third-order valence-corrected chi connectivity index (χ3v) is 7.72. The van der Waals surface area contributed by atoms with Gasteiger partial charge in [0.25, 0.3) is 5.91 Å². The van der Waals surface area contributed by atoms with Gasteiger partial charge in [0, 0.05) is 19.6 Å². The Bertz CT molecular complexity index is 1160. The Morgan fingerprint density at radius 3 is 2.45 bits per heavy atom. The summed E-state index contributed by atoms with van der Waals surface area (Å²) in [7, 11) is -3.45. The Morgan fingerprint density at radius 2 is 1.73 bits per heavy atom. The first-order chi connectivity index (χ1) is 15.8. The van der Waals surface area contributed by atoms with Crippen LogP contribution in [0.3, 0.4) is 0 Å². The minimum atomic E-state index is -3.45. The molecule has 1 fully saturated rings. The molecule has 4 rings (SSSR count). The van der Waals surface area contributed by atoms with E-state index in [1.807, 2.05) is 0 Å². The zero-order chi connectivity index (χ0) is 23.4. The van der Waals surface area contributed by atoms with Crippen LogP contribution in [0, 0.1) is 0 Å². The Morgan fingerprint density at radius 1 is 1.03 bits per heavy atom. The van der Waals surface area contributed by atoms with Crippen molar-refractivity contribution in [1.29, 1.82) is 0 Å². The minimum absolute atomic E-state index is 0.182. The molecule has 10 heteroatoms. The normalized spacial score (nSPS) is 18.7. The topological polar surface area (TPSA) is 125 Å². The van der Waals surface area contributed by atoms with Crippen LogP contribution in [-0.4, -0.2) is 56.1 Å². The Labute approximate surface area is 192 Å². The van der Waals surface area contributed by atoms with Crippen molar-refractivity contribution in [2.24, 2.45) is 0 Å². The third kappa shape index (κ3) is 5.23. The highest BCUT2D eigenvalue weighted by Crippen LogP contribution is 2.21. The number of hydrogen-bond acceptors (Lipinski definition) is 5. The minimum Gasteiger partial charge on any atom is -0.356 e. The van der Waals surface area contributed by atoms with Gasteiger partial charge in [-0.1, -0.05) is 24.3 Å². The summed E-state index contributed by atoms with van der Waals surface area (Å²) in [4.78, 5) is 37.4. The number of rotatable bonds is 7. The summed E-state index contributed by atoms with van der Waals surface area (Å²) in [6.45, 7) is 1.43. The van der Waals surface area contributed by atoms with Crippen molar-refractivity contribution >= 4 is 33.4 Å². The first-order valence-corrected chi connectivity index (χ1v) is 12.3. The van der Waals surface area contributed by atoms with Gasteiger partial charge >= 0.3 is 0 Å². The number of nitrogens with one attached hydrogen (secondary N) is 3. The largest absolute Gasteiger partial charge is 0.356 e. The molecule has 2 aliphatic heterocycles. The lowest BCUT2D eigenvalue weighted by Crippen LogP contribution is -2.44. The highest BCUT2D eigenvalue weighted by atomic mass is 32.2. The average Bonchev–Trinajstić information content (AvgIpc) is 3.32. The van der Waals surface area contributed by atoms with E-state index in [9.17, 15) is 22.8 Å². The molecule has 2 aromatic rings. The standard InChI is InChI=1S/C23H26N4O5S/c28-21(15-20-23(30)25-19-6-2-1-5-18(19)22(29)26-20)24-12-11-16-7-9-17(10-8-16)33(31,32)27-13-3-4-14-27/h1-2,5-10,20H,3-4,11-15H2,(H,24,28)(H,25,30)(H,26,29). The van der Waals surface area contributed by atoms with Gasteiger partial charge in [-0.15, -0.1) is 0 Å². The lowest BCUT2D eigenvalue weighted by molar-refractivity contribution is -0.125. The van der Waals surface area contributed by atoms with Crippen LogP contribution in [0.2, 0.25) is 0 Å². The van der Waals surface area contributed by atoms with Crippen LogP contribution in [0.1, 0.15) is 35.2 Å². The highest BCUT2D eigenvalue weighted by Gasteiger charge is 2.29. The molecule has 0 bridgehead atoms. The number of carbonyl (C=O) groups is 3. The van der Waals surface area contributed by atoms with Crippen molar-refractivity contribution in [2.45, 2.75) is 36.6 Å². The van der Waals surface area contributed by atoms with E-state index in [1.165, 1.54) is 4.31 Å². The quantitative estimate of drug-likeness (QED) is 0.562. The molecule has 1 atom stereocenters. The highest BCUT2D eigenvalue weighted by molar-refractivity contribution is 7.89. The molecule has 0 aromatic heterocycles. The second-order valence-corrected chi connectivity index (χ2v) is 10.1. The van der Waals surface area contributed by atoms with Gasteiger partial charge in [-0.3, -0.25) is 14.4 Å². The van der Waals surface area contributed by atoms with Gasteiger partial charge in [0.1, 0.15) is 6.04 Å². The molecule has 33 heavy (non-hydrogen) atoms. The number of para-hydroxylation sites is 1. The van der Waals surface area contributed by atoms with Gasteiger partial charge in [-0.2, -0.15) is 4.31 Å². The smallest absolute Gasteiger partial charge is 0.254 e. The average molecular weight is 471 g/mol. The van der Waals surface area contributed by atoms with E-state index < -0.39 is 27.9 Å². The number of anilines is 1. The van der Waals surface area contributed by atoms with Gasteiger partial charge < -0.3 is 16.0 Å². The van der Waals surface area contributed by atoms with Crippen LogP contribution in [0.5, 0.6) is 0 Å². The monoisotopic (exact) mass is 470 g/mol. The van der Waals surface area contributed by atoms with E-state index in [1.54, 1.807) is 48.5 Å². The Kier molecular flexibility index (Phi) is 6.75. The molecule has 0 aliphatic carbocycles. The number of sulfonamides is 1. The SMILES string of the molecule is O=C(CC1NC(=O)c2ccccc2NC1=O)NCCc1ccc(S(=O)(=O)N2CCCC2)cc1. The fourth-order valence-electron chi connectivity index (χ4n) is 3.96. The molecule has 1 unspecified atom stereocenters. The second-order valence-electron chi connectivity index (χ2n) is 8.12. The number of amides is 3. The zero-order valence-corrected chi connectivity index (χ0v) is 18.9. The molecule has 9 nitrogen and oxygen atoms in total. The summed E-state index contributed by atoms with van der Waals surface area (Å²) < 4.78 is 26.7. The van der Waals surface area contributed by atoms with Gasteiger partial charge in [0.2, 0.25) is 21.8 Å². The van der Waals surface area contributed by atoms with Crippen LogP contribution in [0.15, 0.2) is 53.4 Å². The lowest BCUT2D eigenvalue weighted by atomic mass is 10.1. The molecule has 1 saturated heterocycles. The summed E-state index contributed by atoms with van der Waals surface area (Å²) in [5.74, 6) is -1.22. The van der Waals surface area contributed by atoms with Crippen molar-refractivity contribution in [1.82, 2.24) is 14.9 Å². The third-order valence-electron chi connectivity index (χ3n) is 5.80. The molecule has 0 saturated carbocycles. The maximum atomic E-state index is 12.6. The number of carbonyl (C=O) groups excluding carboxylic acids is 3. The molecule has 2 heterocycles. The lowest BCUT2D eigenvalue weighted by Gasteiger charge is -2.16. The van der Waals surface area contributed by atoms with E-state index in [0.717, 1.165) is 18.4 Å². The Balaban J connectivity index is 1.27. The van der Waals surface area contributed by atoms with E-state index >= 15 is 0 Å². The van der Waals surface area contributed by atoms with Crippen molar-refractivity contribution in [3.05, 3.63) is 59.7 Å². The van der Waals surface area contributed by atoms with Gasteiger partial charge in [0.05, 0.1) is 22.6 Å². The van der Waals surface area contributed by atoms with Crippen molar-refractivity contribution in [3.63, 3.8) is 0 Å². The van der Waals surface area contributed by atoms with Crippen LogP contribution < -0.4 is 16.0 Å². The summed E-state index contributed by atoms with van der Waals surface area (Å²) in [5, 5.41) is 8.02. The summed E-state index contributed by atoms with van der Waals surface area (Å²) >= 11 is 0. The fraction of sp³-hybridized carbons (Fsp3) is 0.348. The second kappa shape index (κ2) is 9.72. The summed E-state index contributed by atoms with van der Waals surface area (Å²) in [6.07, 6.45) is 2.09. The van der Waals surface area contributed by atoms with E-state index in [4.69, 9.17) is 0 Å². The van der Waals surface area contributed by atoms with Crippen molar-refractivity contribution < 1.29 is 22.8 Å². The number of fused-ring (bicyclic) bond motifs is 1. The number of benzene rings is 2. The molecule has 0 spiro atoms. The van der Waals surface area contributed by atoms with Crippen molar-refractivity contribution in [2.75, 3.05) is 25.0 Å². The van der Waals surface area contributed by atoms with Crippen LogP contribution in [-0.2, 0) is 26.0 Å². The molecule has 3 N–H and O–H groups in total. The first kappa shape index (κ1) is 22.9. The van der Waals surface area contributed by atoms with E-state index in [2.05, 4.69) is 16.0 Å². The van der Waals surface area contributed by atoms with Gasteiger partial charge in [-0.25, -0.2) is 8.42 Å². The summed E-state index contributed by atoms with van der Waals surface area (Å²) in [5.41, 5.74) is 1.65. The first-order valence-electron chi connectivity index (χ1n) is 10.9. The van der Waals surface area contributed by atoms with E-state index in [-0.39, 0.29) is 17.2 Å². The maximum Gasteiger partial charge on any atom is 0.254 e. The molecule has 174 valence electrons. The molecule has 2 aromatic carbocycles. The number of hydrogen-bond donors (Lipinski definition) is 3.